The average molecular weight is 377 g/mol. The summed E-state index contributed by atoms with van der Waals surface area (Å²) in [6, 6.07) is 3.03. The minimum atomic E-state index is -0.370. The van der Waals surface area contributed by atoms with Crippen molar-refractivity contribution < 1.29 is 9.18 Å². The van der Waals surface area contributed by atoms with E-state index in [0.29, 0.717) is 28.8 Å². The first-order valence-corrected chi connectivity index (χ1v) is 7.73. The second-order valence-corrected chi connectivity index (χ2v) is 6.54. The molecule has 1 atom stereocenters. The molecule has 1 unspecified atom stereocenters. The van der Waals surface area contributed by atoms with E-state index in [2.05, 4.69) is 20.9 Å². The van der Waals surface area contributed by atoms with Gasteiger partial charge in [-0.2, -0.15) is 0 Å². The number of benzene rings is 1. The standard InChI is InChI=1S/C14H16BrClFN3O/c1-8(16)14-18-11-7-10(17)9(15)6-12(11)20(14)5-4-13(21)19(2)3/h6-8H,4-5H2,1-3H3. The fraction of sp³-hybridized carbons (Fsp3) is 0.429. The summed E-state index contributed by atoms with van der Waals surface area (Å²) in [6.07, 6.45) is 0.337. The van der Waals surface area contributed by atoms with Crippen molar-refractivity contribution in [2.45, 2.75) is 25.3 Å². The number of imidazole rings is 1. The zero-order chi connectivity index (χ0) is 15.7. The van der Waals surface area contributed by atoms with Crippen LogP contribution in [0, 0.1) is 5.82 Å². The number of rotatable bonds is 4. The molecule has 0 saturated carbocycles. The van der Waals surface area contributed by atoms with E-state index in [-0.39, 0.29) is 17.1 Å². The molecule has 7 heteroatoms. The summed E-state index contributed by atoms with van der Waals surface area (Å²) in [5, 5.41) is -0.325. The van der Waals surface area contributed by atoms with Gasteiger partial charge in [-0.1, -0.05) is 0 Å². The molecule has 0 spiro atoms. The van der Waals surface area contributed by atoms with Crippen LogP contribution in [0.1, 0.15) is 24.5 Å². The zero-order valence-corrected chi connectivity index (χ0v) is 14.4. The Morgan fingerprint density at radius 1 is 1.52 bits per heavy atom. The molecule has 0 fully saturated rings. The Morgan fingerprint density at radius 3 is 2.76 bits per heavy atom. The lowest BCUT2D eigenvalue weighted by Crippen LogP contribution is -2.23. The maximum absolute atomic E-state index is 13.6. The zero-order valence-electron chi connectivity index (χ0n) is 12.0. The van der Waals surface area contributed by atoms with Gasteiger partial charge in [0.05, 0.1) is 20.9 Å². The van der Waals surface area contributed by atoms with Crippen LogP contribution < -0.4 is 0 Å². The fourth-order valence-electron chi connectivity index (χ4n) is 2.11. The molecule has 1 aromatic heterocycles. The van der Waals surface area contributed by atoms with Crippen LogP contribution in [-0.2, 0) is 11.3 Å². The molecule has 0 saturated heterocycles. The van der Waals surface area contributed by atoms with Crippen LogP contribution in [0.2, 0.25) is 0 Å². The number of halogens is 3. The summed E-state index contributed by atoms with van der Waals surface area (Å²) in [4.78, 5) is 17.7. The van der Waals surface area contributed by atoms with Gasteiger partial charge in [0.15, 0.2) is 0 Å². The monoisotopic (exact) mass is 375 g/mol. The summed E-state index contributed by atoms with van der Waals surface area (Å²) in [7, 11) is 3.43. The molecule has 2 rings (SSSR count). The number of hydrogen-bond donors (Lipinski definition) is 0. The summed E-state index contributed by atoms with van der Waals surface area (Å²) in [5.41, 5.74) is 1.30. The first-order valence-electron chi connectivity index (χ1n) is 6.50. The van der Waals surface area contributed by atoms with Crippen molar-refractivity contribution in [2.24, 2.45) is 0 Å². The maximum atomic E-state index is 13.6. The number of alkyl halides is 1. The van der Waals surface area contributed by atoms with Crippen molar-refractivity contribution in [3.63, 3.8) is 0 Å². The Bertz CT molecular complexity index is 684. The Hall–Kier alpha value is -1.14. The van der Waals surface area contributed by atoms with E-state index < -0.39 is 0 Å². The van der Waals surface area contributed by atoms with Crippen LogP contribution in [0.3, 0.4) is 0 Å². The van der Waals surface area contributed by atoms with Crippen molar-refractivity contribution in [3.05, 3.63) is 28.2 Å². The number of fused-ring (bicyclic) bond motifs is 1. The highest BCUT2D eigenvalue weighted by atomic mass is 79.9. The van der Waals surface area contributed by atoms with Crippen LogP contribution in [0.25, 0.3) is 11.0 Å². The SMILES string of the molecule is CC(Cl)c1nc2cc(F)c(Br)cc2n1CCC(=O)N(C)C. The van der Waals surface area contributed by atoms with E-state index in [1.54, 1.807) is 32.0 Å². The predicted octanol–water partition coefficient (Wildman–Crippen LogP) is 3.72. The predicted molar refractivity (Wildman–Crippen MR) is 85.0 cm³/mol. The molecule has 1 aromatic carbocycles. The van der Waals surface area contributed by atoms with Crippen molar-refractivity contribution in [2.75, 3.05) is 14.1 Å². The summed E-state index contributed by atoms with van der Waals surface area (Å²) in [6.45, 7) is 2.26. The number of carbonyl (C=O) groups excluding carboxylic acids is 1. The number of amides is 1. The van der Waals surface area contributed by atoms with E-state index in [0.717, 1.165) is 5.52 Å². The molecule has 0 bridgehead atoms. The summed E-state index contributed by atoms with van der Waals surface area (Å²) < 4.78 is 15.9. The Balaban J connectivity index is 2.46. The molecule has 0 aliphatic carbocycles. The van der Waals surface area contributed by atoms with Gasteiger partial charge in [0, 0.05) is 33.1 Å². The molecule has 2 aromatic rings. The van der Waals surface area contributed by atoms with Gasteiger partial charge in [-0.15, -0.1) is 11.6 Å². The van der Waals surface area contributed by atoms with Gasteiger partial charge in [0.2, 0.25) is 5.91 Å². The average Bonchev–Trinajstić information content (AvgIpc) is 2.74. The number of aromatic nitrogens is 2. The molecule has 0 aliphatic heterocycles. The maximum Gasteiger partial charge on any atom is 0.223 e. The first kappa shape index (κ1) is 16.2. The third kappa shape index (κ3) is 3.37. The number of nitrogens with zero attached hydrogens (tertiary/aromatic N) is 3. The highest BCUT2D eigenvalue weighted by Gasteiger charge is 2.17. The topological polar surface area (TPSA) is 38.1 Å². The van der Waals surface area contributed by atoms with Crippen molar-refractivity contribution in [1.29, 1.82) is 0 Å². The summed E-state index contributed by atoms with van der Waals surface area (Å²) >= 11 is 9.33. The molecular formula is C14H16BrClFN3O. The highest BCUT2D eigenvalue weighted by molar-refractivity contribution is 9.10. The lowest BCUT2D eigenvalue weighted by molar-refractivity contribution is -0.128. The smallest absolute Gasteiger partial charge is 0.223 e. The molecular weight excluding hydrogens is 361 g/mol. The Labute approximate surface area is 136 Å². The van der Waals surface area contributed by atoms with Crippen LogP contribution in [0.5, 0.6) is 0 Å². The Kier molecular flexibility index (Phi) is 4.88. The molecule has 0 aliphatic rings. The van der Waals surface area contributed by atoms with Gasteiger partial charge < -0.3 is 9.47 Å². The molecule has 1 heterocycles. The van der Waals surface area contributed by atoms with Crippen molar-refractivity contribution in [1.82, 2.24) is 14.5 Å². The number of aryl methyl sites for hydroxylation is 1. The highest BCUT2D eigenvalue weighted by Crippen LogP contribution is 2.28. The van der Waals surface area contributed by atoms with Crippen LogP contribution >= 0.6 is 27.5 Å². The van der Waals surface area contributed by atoms with E-state index in [9.17, 15) is 9.18 Å². The fourth-order valence-corrected chi connectivity index (χ4v) is 2.61. The van der Waals surface area contributed by atoms with Gasteiger partial charge in [-0.25, -0.2) is 9.37 Å². The van der Waals surface area contributed by atoms with Crippen molar-refractivity contribution >= 4 is 44.5 Å². The third-order valence-corrected chi connectivity index (χ3v) is 4.03. The van der Waals surface area contributed by atoms with Crippen LogP contribution in [-0.4, -0.2) is 34.5 Å². The molecule has 0 N–H and O–H groups in total. The van der Waals surface area contributed by atoms with Gasteiger partial charge >= 0.3 is 0 Å². The molecule has 1 amide bonds. The second-order valence-electron chi connectivity index (χ2n) is 5.03. The number of carbonyl (C=O) groups is 1. The first-order chi connectivity index (χ1) is 9.81. The van der Waals surface area contributed by atoms with E-state index in [1.165, 1.54) is 6.07 Å². The molecule has 114 valence electrons. The minimum Gasteiger partial charge on any atom is -0.349 e. The minimum absolute atomic E-state index is 0.0196. The summed E-state index contributed by atoms with van der Waals surface area (Å²) in [5.74, 6) is 0.284. The molecule has 0 radical (unpaired) electrons. The number of hydrogen-bond acceptors (Lipinski definition) is 2. The largest absolute Gasteiger partial charge is 0.349 e. The normalized spacial score (nSPS) is 12.7. The van der Waals surface area contributed by atoms with Gasteiger partial charge in [0.25, 0.3) is 0 Å². The van der Waals surface area contributed by atoms with E-state index in [4.69, 9.17) is 11.6 Å². The molecule has 21 heavy (non-hydrogen) atoms. The lowest BCUT2D eigenvalue weighted by Gasteiger charge is -2.13. The van der Waals surface area contributed by atoms with Gasteiger partial charge in [0.1, 0.15) is 11.6 Å². The van der Waals surface area contributed by atoms with Gasteiger partial charge in [-0.05, 0) is 28.9 Å². The quantitative estimate of drug-likeness (QED) is 0.763. The lowest BCUT2D eigenvalue weighted by atomic mass is 10.3. The van der Waals surface area contributed by atoms with Gasteiger partial charge in [-0.3, -0.25) is 4.79 Å². The second kappa shape index (κ2) is 6.32. The Morgan fingerprint density at radius 2 is 2.19 bits per heavy atom. The van der Waals surface area contributed by atoms with Crippen LogP contribution in [0.4, 0.5) is 4.39 Å². The molecule has 4 nitrogen and oxygen atoms in total. The van der Waals surface area contributed by atoms with E-state index in [1.807, 2.05) is 4.57 Å². The third-order valence-electron chi connectivity index (χ3n) is 3.22. The van der Waals surface area contributed by atoms with E-state index >= 15 is 0 Å². The van der Waals surface area contributed by atoms with Crippen LogP contribution in [0.15, 0.2) is 16.6 Å². The van der Waals surface area contributed by atoms with Crippen molar-refractivity contribution in [3.8, 4) is 0 Å².